The summed E-state index contributed by atoms with van der Waals surface area (Å²) in [5.74, 6) is 0. The Morgan fingerprint density at radius 1 is 0.700 bits per heavy atom. The van der Waals surface area contributed by atoms with Gasteiger partial charge < -0.3 is 10.5 Å². The first-order valence-electron chi connectivity index (χ1n) is 13.0. The molecule has 0 radical (unpaired) electrons. The number of pyridine rings is 3. The van der Waals surface area contributed by atoms with Gasteiger partial charge in [0.25, 0.3) is 0 Å². The Bertz CT molecular complexity index is 1690. The van der Waals surface area contributed by atoms with Gasteiger partial charge in [-0.15, -0.1) is 0 Å². The number of ether oxygens (including phenoxy) is 1. The zero-order valence-corrected chi connectivity index (χ0v) is 23.7. The maximum atomic E-state index is 8.76. The number of hydrogen-bond donors (Lipinski definition) is 1. The maximum absolute atomic E-state index is 8.76. The number of halogens is 1. The molecule has 0 spiro atoms. The second-order valence-electron chi connectivity index (χ2n) is 8.89. The van der Waals surface area contributed by atoms with Crippen molar-refractivity contribution in [3.63, 3.8) is 0 Å². The number of fused-ring (bicyclic) bond motifs is 3. The number of nitriles is 1. The van der Waals surface area contributed by atoms with E-state index in [1.807, 2.05) is 67.0 Å². The fourth-order valence-electron chi connectivity index (χ4n) is 4.15. The molecular weight excluding hydrogens is 562 g/mol. The molecule has 6 aromatic rings. The molecule has 6 nitrogen and oxygen atoms in total. The molecule has 1 saturated heterocycles. The fraction of sp³-hybridized carbons (Fsp3) is 0.152. The van der Waals surface area contributed by atoms with Crippen LogP contribution in [0.2, 0.25) is 0 Å². The van der Waals surface area contributed by atoms with Crippen LogP contribution in [0.4, 0.5) is 0 Å². The molecule has 3 aromatic carbocycles. The van der Waals surface area contributed by atoms with Gasteiger partial charge in [-0.05, 0) is 64.9 Å². The van der Waals surface area contributed by atoms with Crippen LogP contribution in [0, 0.1) is 11.3 Å². The highest BCUT2D eigenvalue weighted by Gasteiger charge is 1.98. The van der Waals surface area contributed by atoms with Crippen molar-refractivity contribution in [1.82, 2.24) is 15.0 Å². The Morgan fingerprint density at radius 3 is 1.77 bits per heavy atom. The van der Waals surface area contributed by atoms with Crippen molar-refractivity contribution in [1.29, 1.82) is 5.26 Å². The van der Waals surface area contributed by atoms with Gasteiger partial charge in [0.05, 0.1) is 11.6 Å². The van der Waals surface area contributed by atoms with Gasteiger partial charge in [-0.3, -0.25) is 15.0 Å². The van der Waals surface area contributed by atoms with Gasteiger partial charge in [-0.1, -0.05) is 58.4 Å². The minimum Gasteiger partial charge on any atom is -0.381 e. The Labute approximate surface area is 242 Å². The minimum atomic E-state index is 0.572. The smallest absolute Gasteiger partial charge is 0.0998 e. The first kappa shape index (κ1) is 28.8. The Kier molecular flexibility index (Phi) is 11.1. The molecule has 0 unspecified atom stereocenters. The van der Waals surface area contributed by atoms with E-state index in [-0.39, 0.29) is 0 Å². The van der Waals surface area contributed by atoms with Crippen molar-refractivity contribution in [2.24, 2.45) is 5.73 Å². The number of aromatic nitrogens is 3. The third-order valence-corrected chi connectivity index (χ3v) is 6.95. The van der Waals surface area contributed by atoms with E-state index >= 15 is 0 Å². The average molecular weight is 593 g/mol. The van der Waals surface area contributed by atoms with Gasteiger partial charge in [0.15, 0.2) is 0 Å². The minimum absolute atomic E-state index is 0.572. The van der Waals surface area contributed by atoms with Crippen LogP contribution in [0.15, 0.2) is 114 Å². The summed E-state index contributed by atoms with van der Waals surface area (Å²) in [5.41, 5.74) is 7.42. The first-order chi connectivity index (χ1) is 19.7. The van der Waals surface area contributed by atoms with Crippen LogP contribution in [0.1, 0.15) is 24.0 Å². The normalized spacial score (nSPS) is 11.8. The number of rotatable bonds is 1. The number of benzene rings is 3. The zero-order valence-electron chi connectivity index (χ0n) is 22.1. The van der Waals surface area contributed by atoms with Crippen LogP contribution in [0.3, 0.4) is 0 Å². The average Bonchev–Trinajstić information content (AvgIpc) is 3.62. The van der Waals surface area contributed by atoms with Crippen molar-refractivity contribution in [3.05, 3.63) is 126 Å². The van der Waals surface area contributed by atoms with Gasteiger partial charge in [0.1, 0.15) is 0 Å². The summed E-state index contributed by atoms with van der Waals surface area (Å²) in [6, 6.07) is 25.9. The molecule has 0 amide bonds. The Balaban J connectivity index is 0.000000128. The van der Waals surface area contributed by atoms with Gasteiger partial charge >= 0.3 is 0 Å². The number of hydrogen-bond acceptors (Lipinski definition) is 6. The highest BCUT2D eigenvalue weighted by Crippen LogP contribution is 2.22. The molecule has 1 aliphatic rings. The molecule has 1 fully saturated rings. The second kappa shape index (κ2) is 15.4. The van der Waals surface area contributed by atoms with Crippen molar-refractivity contribution in [2.75, 3.05) is 13.2 Å². The molecule has 200 valence electrons. The van der Waals surface area contributed by atoms with Gasteiger partial charge in [0, 0.05) is 77.6 Å². The van der Waals surface area contributed by atoms with Crippen LogP contribution < -0.4 is 5.73 Å². The summed E-state index contributed by atoms with van der Waals surface area (Å²) in [5, 5.41) is 15.5. The lowest BCUT2D eigenvalue weighted by Crippen LogP contribution is -1.96. The molecule has 40 heavy (non-hydrogen) atoms. The van der Waals surface area contributed by atoms with E-state index in [9.17, 15) is 0 Å². The standard InChI is InChI=1S/C10H10N2.C10H6N2.C9H6BrN.C4H8O/c2*11-6-9-3-1-2-8-4-5-12-7-10(8)9;10-9-3-1-2-7-4-5-11-6-8(7)9;1-2-4-5-3-1/h1-5,7H,6,11H2;1-5,7H;1-6H;1-4H2. The van der Waals surface area contributed by atoms with Gasteiger partial charge in [-0.2, -0.15) is 5.26 Å². The Hall–Kier alpha value is -4.22. The van der Waals surface area contributed by atoms with Crippen LogP contribution in [-0.4, -0.2) is 28.2 Å². The van der Waals surface area contributed by atoms with Crippen molar-refractivity contribution < 1.29 is 4.74 Å². The highest BCUT2D eigenvalue weighted by atomic mass is 79.9. The topological polar surface area (TPSA) is 97.7 Å². The highest BCUT2D eigenvalue weighted by molar-refractivity contribution is 9.10. The molecule has 7 rings (SSSR count). The molecule has 1 aliphatic heterocycles. The molecule has 0 saturated carbocycles. The monoisotopic (exact) mass is 591 g/mol. The Morgan fingerprint density at radius 2 is 1.23 bits per heavy atom. The van der Waals surface area contributed by atoms with Gasteiger partial charge in [0.2, 0.25) is 0 Å². The molecule has 0 atom stereocenters. The van der Waals surface area contributed by atoms with Crippen LogP contribution in [0.25, 0.3) is 32.3 Å². The van der Waals surface area contributed by atoms with Crippen LogP contribution in [-0.2, 0) is 11.3 Å². The molecule has 3 aromatic heterocycles. The summed E-state index contributed by atoms with van der Waals surface area (Å²) in [7, 11) is 0. The molecule has 2 N–H and O–H groups in total. The van der Waals surface area contributed by atoms with E-state index in [4.69, 9.17) is 15.7 Å². The van der Waals surface area contributed by atoms with Crippen molar-refractivity contribution in [2.45, 2.75) is 19.4 Å². The predicted octanol–water partition coefficient (Wildman–Crippen LogP) is 7.59. The lowest BCUT2D eigenvalue weighted by Gasteiger charge is -2.01. The summed E-state index contributed by atoms with van der Waals surface area (Å²) >= 11 is 3.46. The van der Waals surface area contributed by atoms with E-state index in [2.05, 4.69) is 49.1 Å². The van der Waals surface area contributed by atoms with Gasteiger partial charge in [-0.25, -0.2) is 0 Å². The molecule has 7 heteroatoms. The second-order valence-corrected chi connectivity index (χ2v) is 9.74. The molecule has 0 aliphatic carbocycles. The summed E-state index contributed by atoms with van der Waals surface area (Å²) in [6.07, 6.45) is 13.3. The summed E-state index contributed by atoms with van der Waals surface area (Å²) in [6.45, 7) is 2.57. The largest absolute Gasteiger partial charge is 0.381 e. The van der Waals surface area contributed by atoms with Crippen molar-refractivity contribution >= 4 is 48.2 Å². The van der Waals surface area contributed by atoms with E-state index in [1.165, 1.54) is 23.6 Å². The molecular formula is C33H30BrN5O. The lowest BCUT2D eigenvalue weighted by molar-refractivity contribution is 0.198. The maximum Gasteiger partial charge on any atom is 0.0998 e. The van der Waals surface area contributed by atoms with Crippen LogP contribution in [0.5, 0.6) is 0 Å². The lowest BCUT2D eigenvalue weighted by atomic mass is 10.1. The van der Waals surface area contributed by atoms with E-state index < -0.39 is 0 Å². The third-order valence-electron chi connectivity index (χ3n) is 6.26. The molecule has 0 bridgehead atoms. The van der Waals surface area contributed by atoms with E-state index in [0.717, 1.165) is 44.8 Å². The SMILES string of the molecule is Brc1cccc2ccncc12.C1CCOC1.N#Cc1cccc2ccncc12.NCc1cccc2ccncc12. The third kappa shape index (κ3) is 7.90. The molecule has 4 heterocycles. The summed E-state index contributed by atoms with van der Waals surface area (Å²) < 4.78 is 6.04. The predicted molar refractivity (Wildman–Crippen MR) is 166 cm³/mol. The zero-order chi connectivity index (χ0) is 28.0. The number of nitrogens with two attached hydrogens (primary N) is 1. The van der Waals surface area contributed by atoms with E-state index in [1.54, 1.807) is 30.9 Å². The van der Waals surface area contributed by atoms with E-state index in [0.29, 0.717) is 12.1 Å². The number of nitrogens with zero attached hydrogens (tertiary/aromatic N) is 4. The first-order valence-corrected chi connectivity index (χ1v) is 13.8. The summed E-state index contributed by atoms with van der Waals surface area (Å²) in [4.78, 5) is 12.1. The quantitative estimate of drug-likeness (QED) is 0.211. The van der Waals surface area contributed by atoms with Crippen molar-refractivity contribution in [3.8, 4) is 6.07 Å². The fourth-order valence-corrected chi connectivity index (χ4v) is 4.64. The van der Waals surface area contributed by atoms with Crippen LogP contribution >= 0.6 is 15.9 Å².